The Morgan fingerprint density at radius 3 is 2.22 bits per heavy atom. The molecule has 4 aromatic rings. The first-order valence-electron chi connectivity index (χ1n) is 27.0. The zero-order valence-electron chi connectivity index (χ0n) is 45.4. The number of alkyl carbamates (subject to hydrolysis) is 1. The average molecular weight is 1090 g/mol. The van der Waals surface area contributed by atoms with E-state index in [9.17, 15) is 38.7 Å². The van der Waals surface area contributed by atoms with Crippen LogP contribution >= 0.6 is 0 Å². The fraction of sp³-hybridized carbons (Fsp3) is 0.536. The molecule has 8 N–H and O–H groups in total. The highest BCUT2D eigenvalue weighted by Crippen LogP contribution is 2.41. The van der Waals surface area contributed by atoms with Crippen molar-refractivity contribution >= 4 is 52.4 Å². The number of amides is 6. The third kappa shape index (κ3) is 16.2. The molecule has 0 radical (unpaired) electrons. The molecular weight excluding hydrogens is 1010 g/mol. The first kappa shape index (κ1) is 60.1. The summed E-state index contributed by atoms with van der Waals surface area (Å²) in [5.41, 5.74) is 8.57. The van der Waals surface area contributed by atoms with Crippen LogP contribution in [0.1, 0.15) is 114 Å². The second-order valence-electron chi connectivity index (χ2n) is 19.5. The van der Waals surface area contributed by atoms with E-state index in [0.717, 1.165) is 47.7 Å². The van der Waals surface area contributed by atoms with Gasteiger partial charge in [-0.1, -0.05) is 66.0 Å². The van der Waals surface area contributed by atoms with E-state index in [-0.39, 0.29) is 74.3 Å². The molecule has 0 fully saturated rings. The number of carbonyl (C=O) groups is 6. The van der Waals surface area contributed by atoms with E-state index in [2.05, 4.69) is 33.5 Å². The molecule has 4 heterocycles. The molecule has 0 saturated carbocycles. The van der Waals surface area contributed by atoms with E-state index in [0.29, 0.717) is 93.8 Å². The number of unbranched alkanes of at least 4 members (excludes halogenated alkanes) is 3. The lowest BCUT2D eigenvalue weighted by Gasteiger charge is -2.31. The van der Waals surface area contributed by atoms with Crippen molar-refractivity contribution in [3.63, 3.8) is 0 Å². The van der Waals surface area contributed by atoms with Crippen LogP contribution in [0.25, 0.3) is 22.3 Å². The highest BCUT2D eigenvalue weighted by molar-refractivity contribution is 5.98. The first-order chi connectivity index (χ1) is 37.6. The Bertz CT molecular complexity index is 2790. The molecule has 3 atom stereocenters. The topological polar surface area (TPSA) is 299 Å². The van der Waals surface area contributed by atoms with Crippen LogP contribution in [-0.4, -0.2) is 122 Å². The predicted octanol–water partition coefficient (Wildman–Crippen LogP) is 4.98. The van der Waals surface area contributed by atoms with Crippen molar-refractivity contribution < 1.29 is 62.3 Å². The van der Waals surface area contributed by atoms with Gasteiger partial charge in [0.05, 0.1) is 68.7 Å². The maximum Gasteiger partial charge on any atom is 0.407 e. The summed E-state index contributed by atoms with van der Waals surface area (Å²) in [5.74, 6) is -1.56. The summed E-state index contributed by atoms with van der Waals surface area (Å²) in [4.78, 5) is 94.2. The number of anilines is 1. The number of aliphatic hydroxyl groups is 1. The number of benzene rings is 2. The third-order valence-corrected chi connectivity index (χ3v) is 13.6. The van der Waals surface area contributed by atoms with Crippen LogP contribution < -0.4 is 42.6 Å². The molecule has 0 unspecified atom stereocenters. The number of hydrogen-bond acceptors (Lipinski definition) is 15. The second kappa shape index (κ2) is 29.6. The van der Waals surface area contributed by atoms with Gasteiger partial charge in [-0.25, -0.2) is 19.4 Å². The summed E-state index contributed by atoms with van der Waals surface area (Å²) in [6.45, 7) is 12.2. The van der Waals surface area contributed by atoms with Gasteiger partial charge in [0.2, 0.25) is 17.7 Å². The number of pyridine rings is 2. The Morgan fingerprint density at radius 2 is 1.54 bits per heavy atom. The zero-order valence-corrected chi connectivity index (χ0v) is 45.4. The number of nitrogens with zero attached hydrogens (tertiary/aromatic N) is 2. The first-order valence-corrected chi connectivity index (χ1v) is 27.0. The van der Waals surface area contributed by atoms with Crippen molar-refractivity contribution in [3.8, 4) is 17.1 Å². The van der Waals surface area contributed by atoms with Gasteiger partial charge in [0.25, 0.3) is 5.56 Å². The summed E-state index contributed by atoms with van der Waals surface area (Å²) in [6, 6.07) is 11.5. The van der Waals surface area contributed by atoms with E-state index in [1.165, 1.54) is 0 Å². The lowest BCUT2D eigenvalue weighted by atomic mass is 9.86. The Morgan fingerprint density at radius 1 is 0.821 bits per heavy atom. The van der Waals surface area contributed by atoms with Gasteiger partial charge >= 0.3 is 18.1 Å². The van der Waals surface area contributed by atoms with E-state index in [1.54, 1.807) is 41.8 Å². The summed E-state index contributed by atoms with van der Waals surface area (Å²) >= 11 is 0. The quantitative estimate of drug-likeness (QED) is 0.0221. The van der Waals surface area contributed by atoms with Crippen LogP contribution in [0.4, 0.5) is 15.3 Å². The van der Waals surface area contributed by atoms with Crippen molar-refractivity contribution in [2.24, 2.45) is 11.7 Å². The molecule has 2 aliphatic heterocycles. The molecule has 6 amide bonds. The molecule has 6 rings (SSSR count). The van der Waals surface area contributed by atoms with E-state index in [4.69, 9.17) is 39.1 Å². The summed E-state index contributed by atoms with van der Waals surface area (Å²) in [7, 11) is 0. The molecule has 22 heteroatoms. The molecule has 0 bridgehead atoms. The molecule has 0 spiro atoms. The molecule has 0 saturated heterocycles. The Labute approximate surface area is 454 Å². The number of hydrogen-bond donors (Lipinski definition) is 7. The van der Waals surface area contributed by atoms with Crippen LogP contribution in [-0.2, 0) is 74.6 Å². The van der Waals surface area contributed by atoms with Crippen molar-refractivity contribution in [2.75, 3.05) is 64.7 Å². The molecular formula is C56H76N8O14. The van der Waals surface area contributed by atoms with Crippen LogP contribution in [0, 0.1) is 5.92 Å². The number of aromatic nitrogens is 2. The number of esters is 1. The number of cyclic esters (lactones) is 1. The molecule has 2 aromatic heterocycles. The smallest absolute Gasteiger partial charge is 0.407 e. The van der Waals surface area contributed by atoms with E-state index >= 15 is 0 Å². The zero-order chi connectivity index (χ0) is 56.2. The summed E-state index contributed by atoms with van der Waals surface area (Å²) < 4.78 is 35.0. The normalized spacial score (nSPS) is 15.1. The highest BCUT2D eigenvalue weighted by Gasteiger charge is 2.45. The lowest BCUT2D eigenvalue weighted by molar-refractivity contribution is -0.172. The standard InChI is InChI=1S/C56H76N8O14/c1-6-9-10-11-14-47(65)63-48(35(4)5)51(67)62-45(13-12-21-58-54(57)70)50(66)60-37-17-15-36(16-18-37)33-78-55(71)59-22-23-73-24-25-74-26-27-75-28-29-76-38-19-20-44-40(30-38)39(7-2)41-32-64-46(49(41)61-44)31-43-42(52(64)68)34-77-53(69)56(43,72)8-3/h15-20,30-31,35,45,48,72H,6-14,21-29,32-34H2,1-5H3,(H,59,71)(H,60,66)(H,62,67)(H,63,65)(H3,57,58,70)/t45-,48-,56-/m0/s1. The highest BCUT2D eigenvalue weighted by atomic mass is 16.6. The van der Waals surface area contributed by atoms with Crippen molar-refractivity contribution in [3.05, 3.63) is 86.7 Å². The monoisotopic (exact) mass is 1080 g/mol. The minimum absolute atomic E-state index is 0.0303. The molecule has 22 nitrogen and oxygen atoms in total. The Hall–Kier alpha value is -7.14. The van der Waals surface area contributed by atoms with Gasteiger partial charge in [0.1, 0.15) is 37.7 Å². The maximum absolute atomic E-state index is 13.7. The number of urea groups is 1. The van der Waals surface area contributed by atoms with Crippen molar-refractivity contribution in [1.29, 1.82) is 0 Å². The minimum atomic E-state index is -1.89. The van der Waals surface area contributed by atoms with Crippen LogP contribution in [0.2, 0.25) is 0 Å². The van der Waals surface area contributed by atoms with Gasteiger partial charge < -0.3 is 70.4 Å². The second-order valence-corrected chi connectivity index (χ2v) is 19.5. The molecule has 0 aliphatic carbocycles. The van der Waals surface area contributed by atoms with Crippen LogP contribution in [0.5, 0.6) is 5.75 Å². The molecule has 78 heavy (non-hydrogen) atoms. The fourth-order valence-electron chi connectivity index (χ4n) is 9.27. The number of carbonyl (C=O) groups excluding carboxylic acids is 6. The van der Waals surface area contributed by atoms with Crippen molar-refractivity contribution in [1.82, 2.24) is 30.8 Å². The number of primary amides is 1. The van der Waals surface area contributed by atoms with Crippen molar-refractivity contribution in [2.45, 2.75) is 130 Å². The molecule has 2 aliphatic rings. The molecule has 2 aromatic carbocycles. The van der Waals surface area contributed by atoms with Gasteiger partial charge in [-0.05, 0) is 85.5 Å². The summed E-state index contributed by atoms with van der Waals surface area (Å²) in [5, 5.41) is 25.7. The molecule has 424 valence electrons. The number of fused-ring (bicyclic) bond motifs is 5. The minimum Gasteiger partial charge on any atom is -0.491 e. The third-order valence-electron chi connectivity index (χ3n) is 13.6. The Kier molecular flexibility index (Phi) is 22.8. The van der Waals surface area contributed by atoms with E-state index in [1.807, 2.05) is 39.0 Å². The number of ether oxygens (including phenoxy) is 6. The van der Waals surface area contributed by atoms with Gasteiger partial charge in [-0.2, -0.15) is 0 Å². The number of nitrogens with two attached hydrogens (primary N) is 1. The maximum atomic E-state index is 13.7. The van der Waals surface area contributed by atoms with Crippen LogP contribution in [0.15, 0.2) is 53.3 Å². The Balaban J connectivity index is 0.832. The number of aryl methyl sites for hydroxylation is 1. The average Bonchev–Trinajstić information content (AvgIpc) is 4.00. The fourth-order valence-corrected chi connectivity index (χ4v) is 9.27. The SMILES string of the molecule is CCCCCCC(=O)N[C@H](C(=O)N[C@@H](CCCNC(N)=O)C(=O)Nc1ccc(COC(=O)NCCOCCOCCOCCOc2ccc3nc4c(c(CC)c3c2)Cn2c-4cc3c(c2=O)COC(=O)[C@]3(O)CC)cc1)C(C)C. The van der Waals surface area contributed by atoms with Gasteiger partial charge in [0, 0.05) is 41.7 Å². The number of rotatable bonds is 32. The van der Waals surface area contributed by atoms with E-state index < -0.39 is 47.6 Å². The largest absolute Gasteiger partial charge is 0.491 e. The van der Waals surface area contributed by atoms with Crippen LogP contribution in [0.3, 0.4) is 0 Å². The number of nitrogens with one attached hydrogen (secondary N) is 5. The van der Waals surface area contributed by atoms with Gasteiger partial charge in [-0.3, -0.25) is 19.2 Å². The van der Waals surface area contributed by atoms with Gasteiger partial charge in [0.15, 0.2) is 5.60 Å². The van der Waals surface area contributed by atoms with Gasteiger partial charge in [-0.15, -0.1) is 0 Å². The predicted molar refractivity (Wildman–Crippen MR) is 289 cm³/mol. The lowest BCUT2D eigenvalue weighted by Crippen LogP contribution is -2.54. The summed E-state index contributed by atoms with van der Waals surface area (Å²) in [6.07, 6.45) is 4.67.